The molecule has 2 aromatic carbocycles. The molecule has 0 aliphatic carbocycles. The third-order valence-electron chi connectivity index (χ3n) is 3.93. The van der Waals surface area contributed by atoms with Crippen LogP contribution in [0.15, 0.2) is 71.9 Å². The summed E-state index contributed by atoms with van der Waals surface area (Å²) in [5.74, 6) is 0. The molecule has 0 amide bonds. The molecule has 0 atom stereocenters. The largest absolute Gasteiger partial charge is 0.256 e. The van der Waals surface area contributed by atoms with E-state index in [4.69, 9.17) is 0 Å². The minimum Gasteiger partial charge on any atom is -0.256 e. The van der Waals surface area contributed by atoms with Gasteiger partial charge in [0, 0.05) is 17.3 Å². The molecule has 1 aromatic heterocycles. The molecule has 0 fully saturated rings. The van der Waals surface area contributed by atoms with Crippen LogP contribution in [0.1, 0.15) is 18.9 Å². The summed E-state index contributed by atoms with van der Waals surface area (Å²) in [6, 6.07) is 20.7. The van der Waals surface area contributed by atoms with Gasteiger partial charge in [-0.3, -0.25) is 4.98 Å². The number of benzene rings is 2. The monoisotopic (exact) mass is 330 g/mol. The number of pyridine rings is 1. The van der Waals surface area contributed by atoms with E-state index in [9.17, 15) is 0 Å². The second-order valence-electron chi connectivity index (χ2n) is 5.63. The highest BCUT2D eigenvalue weighted by Gasteiger charge is 2.02. The van der Waals surface area contributed by atoms with Gasteiger partial charge in [-0.1, -0.05) is 55.8 Å². The van der Waals surface area contributed by atoms with Crippen molar-refractivity contribution in [2.24, 2.45) is 4.99 Å². The maximum absolute atomic E-state index is 4.61. The van der Waals surface area contributed by atoms with Crippen molar-refractivity contribution < 1.29 is 0 Å². The first-order valence-corrected chi connectivity index (χ1v) is 8.44. The standard InChI is InChI=1S/C21H18N2S/c1-2-3-16-4-6-17(7-5-16)19-10-13-21(22-14-19)18-8-11-20(12-9-18)23-15-24/h4-14H,2-3H2,1H3. The van der Waals surface area contributed by atoms with E-state index in [1.54, 1.807) is 0 Å². The minimum atomic E-state index is 0.803. The van der Waals surface area contributed by atoms with Gasteiger partial charge in [0.15, 0.2) is 0 Å². The lowest BCUT2D eigenvalue weighted by Gasteiger charge is -2.06. The lowest BCUT2D eigenvalue weighted by Crippen LogP contribution is -1.86. The molecule has 1 heterocycles. The van der Waals surface area contributed by atoms with Crippen molar-refractivity contribution in [2.45, 2.75) is 19.8 Å². The van der Waals surface area contributed by atoms with Crippen LogP contribution in [0.2, 0.25) is 0 Å². The molecule has 0 N–H and O–H groups in total. The Bertz CT molecular complexity index is 844. The molecule has 3 heteroatoms. The van der Waals surface area contributed by atoms with E-state index in [-0.39, 0.29) is 0 Å². The number of rotatable bonds is 5. The first-order valence-electron chi connectivity index (χ1n) is 8.04. The Hall–Kier alpha value is -2.61. The molecule has 118 valence electrons. The highest BCUT2D eigenvalue weighted by Crippen LogP contribution is 2.24. The van der Waals surface area contributed by atoms with Gasteiger partial charge in [-0.05, 0) is 48.0 Å². The average molecular weight is 330 g/mol. The van der Waals surface area contributed by atoms with E-state index < -0.39 is 0 Å². The van der Waals surface area contributed by atoms with Crippen molar-refractivity contribution >= 4 is 23.1 Å². The van der Waals surface area contributed by atoms with Gasteiger partial charge in [-0.2, -0.15) is 4.99 Å². The van der Waals surface area contributed by atoms with Crippen molar-refractivity contribution in [3.8, 4) is 22.4 Å². The second-order valence-corrected chi connectivity index (χ2v) is 5.81. The van der Waals surface area contributed by atoms with Gasteiger partial charge in [-0.15, -0.1) is 0 Å². The summed E-state index contributed by atoms with van der Waals surface area (Å²) in [7, 11) is 0. The van der Waals surface area contributed by atoms with Crippen LogP contribution < -0.4 is 0 Å². The predicted molar refractivity (Wildman–Crippen MR) is 104 cm³/mol. The molecule has 0 aliphatic heterocycles. The molecule has 0 radical (unpaired) electrons. The van der Waals surface area contributed by atoms with Crippen LogP contribution in [0.5, 0.6) is 0 Å². The Morgan fingerprint density at radius 1 is 0.875 bits per heavy atom. The van der Waals surface area contributed by atoms with Gasteiger partial charge >= 0.3 is 0 Å². The van der Waals surface area contributed by atoms with Crippen molar-refractivity contribution in [1.29, 1.82) is 0 Å². The first-order chi connectivity index (χ1) is 11.8. The zero-order valence-electron chi connectivity index (χ0n) is 13.6. The lowest BCUT2D eigenvalue weighted by molar-refractivity contribution is 0.922. The third kappa shape index (κ3) is 3.83. The number of thiocarbonyl (C=S) groups is 1. The predicted octanol–water partition coefficient (Wildman–Crippen LogP) is 6.10. The summed E-state index contributed by atoms with van der Waals surface area (Å²) < 4.78 is 0. The van der Waals surface area contributed by atoms with E-state index in [0.29, 0.717) is 0 Å². The molecule has 24 heavy (non-hydrogen) atoms. The zero-order chi connectivity index (χ0) is 16.8. The van der Waals surface area contributed by atoms with Crippen LogP contribution in [-0.2, 0) is 6.42 Å². The summed E-state index contributed by atoms with van der Waals surface area (Å²) in [5.41, 5.74) is 6.51. The molecule has 3 rings (SSSR count). The van der Waals surface area contributed by atoms with Crippen molar-refractivity contribution in [3.05, 3.63) is 72.4 Å². The van der Waals surface area contributed by atoms with Crippen LogP contribution in [0, 0.1) is 0 Å². The molecule has 0 saturated heterocycles. The van der Waals surface area contributed by atoms with Gasteiger partial charge < -0.3 is 0 Å². The van der Waals surface area contributed by atoms with Gasteiger partial charge in [0.25, 0.3) is 0 Å². The van der Waals surface area contributed by atoms with Crippen LogP contribution in [0.4, 0.5) is 5.69 Å². The summed E-state index contributed by atoms with van der Waals surface area (Å²) in [4.78, 5) is 8.55. The Kier molecular flexibility index (Phi) is 5.27. The maximum atomic E-state index is 4.61. The van der Waals surface area contributed by atoms with Gasteiger partial charge in [0.05, 0.1) is 16.5 Å². The Morgan fingerprint density at radius 2 is 1.54 bits per heavy atom. The SMILES string of the molecule is CCCc1ccc(-c2ccc(-c3ccc(N=C=S)cc3)nc2)cc1. The van der Waals surface area contributed by atoms with E-state index in [1.807, 2.05) is 36.5 Å². The Morgan fingerprint density at radius 3 is 2.12 bits per heavy atom. The molecule has 2 nitrogen and oxygen atoms in total. The Balaban J connectivity index is 1.80. The number of hydrogen-bond donors (Lipinski definition) is 0. The van der Waals surface area contributed by atoms with Gasteiger partial charge in [0.1, 0.15) is 0 Å². The van der Waals surface area contributed by atoms with E-state index >= 15 is 0 Å². The fourth-order valence-electron chi connectivity index (χ4n) is 2.65. The zero-order valence-corrected chi connectivity index (χ0v) is 14.4. The topological polar surface area (TPSA) is 25.2 Å². The Labute approximate surface area is 147 Å². The third-order valence-corrected chi connectivity index (χ3v) is 4.02. The van der Waals surface area contributed by atoms with Crippen molar-refractivity contribution in [3.63, 3.8) is 0 Å². The normalized spacial score (nSPS) is 10.2. The van der Waals surface area contributed by atoms with Gasteiger partial charge in [0.2, 0.25) is 0 Å². The molecule has 0 aliphatic rings. The number of aromatic nitrogens is 1. The molecule has 0 spiro atoms. The highest BCUT2D eigenvalue weighted by molar-refractivity contribution is 7.78. The number of hydrogen-bond acceptors (Lipinski definition) is 3. The van der Waals surface area contributed by atoms with Crippen molar-refractivity contribution in [1.82, 2.24) is 4.98 Å². The number of isothiocyanates is 1. The first kappa shape index (κ1) is 16.3. The number of aliphatic imine (C=N–C) groups is 1. The van der Waals surface area contributed by atoms with E-state index in [2.05, 4.69) is 64.6 Å². The maximum Gasteiger partial charge on any atom is 0.0740 e. The van der Waals surface area contributed by atoms with Crippen LogP contribution in [0.3, 0.4) is 0 Å². The van der Waals surface area contributed by atoms with Crippen LogP contribution in [-0.4, -0.2) is 10.1 Å². The minimum absolute atomic E-state index is 0.803. The van der Waals surface area contributed by atoms with E-state index in [0.717, 1.165) is 28.9 Å². The van der Waals surface area contributed by atoms with Crippen molar-refractivity contribution in [2.75, 3.05) is 0 Å². The molecular formula is C21H18N2S. The van der Waals surface area contributed by atoms with Crippen LogP contribution in [0.25, 0.3) is 22.4 Å². The molecule has 0 unspecified atom stereocenters. The number of aryl methyl sites for hydroxylation is 1. The quantitative estimate of drug-likeness (QED) is 0.417. The lowest BCUT2D eigenvalue weighted by atomic mass is 10.0. The summed E-state index contributed by atoms with van der Waals surface area (Å²) in [6.45, 7) is 2.20. The van der Waals surface area contributed by atoms with Gasteiger partial charge in [-0.25, -0.2) is 0 Å². The van der Waals surface area contributed by atoms with Crippen LogP contribution >= 0.6 is 12.2 Å². The van der Waals surface area contributed by atoms with E-state index in [1.165, 1.54) is 17.5 Å². The number of nitrogens with zero attached hydrogens (tertiary/aromatic N) is 2. The molecular weight excluding hydrogens is 312 g/mol. The summed E-state index contributed by atoms with van der Waals surface area (Å²) in [6.07, 6.45) is 4.22. The summed E-state index contributed by atoms with van der Waals surface area (Å²) >= 11 is 4.61. The average Bonchev–Trinajstić information content (AvgIpc) is 2.64. The summed E-state index contributed by atoms with van der Waals surface area (Å²) in [5, 5.41) is 2.37. The fourth-order valence-corrected chi connectivity index (χ4v) is 2.75. The fraction of sp³-hybridized carbons (Fsp3) is 0.143. The molecule has 0 saturated carbocycles. The highest BCUT2D eigenvalue weighted by atomic mass is 32.1. The second kappa shape index (κ2) is 7.78. The molecule has 0 bridgehead atoms. The smallest absolute Gasteiger partial charge is 0.0740 e. The molecule has 3 aromatic rings.